The number of hydrogen-bond donors (Lipinski definition) is 1. The van der Waals surface area contributed by atoms with Crippen molar-refractivity contribution in [3.05, 3.63) is 39.6 Å². The summed E-state index contributed by atoms with van der Waals surface area (Å²) in [5.41, 5.74) is 1.96. The van der Waals surface area contributed by atoms with Gasteiger partial charge in [0.1, 0.15) is 0 Å². The van der Waals surface area contributed by atoms with E-state index in [0.29, 0.717) is 11.6 Å². The molecule has 1 heterocycles. The molecule has 0 radical (unpaired) electrons. The number of halogens is 2. The minimum absolute atomic E-state index is 0.655. The Balaban J connectivity index is 2.10. The van der Waals surface area contributed by atoms with Crippen molar-refractivity contribution < 1.29 is 0 Å². The van der Waals surface area contributed by atoms with Crippen LogP contribution in [0.1, 0.15) is 5.69 Å². The van der Waals surface area contributed by atoms with Crippen LogP contribution in [0.15, 0.2) is 28.9 Å². The van der Waals surface area contributed by atoms with Crippen LogP contribution in [0.5, 0.6) is 0 Å². The molecule has 0 bridgehead atoms. The van der Waals surface area contributed by atoms with Gasteiger partial charge in [0.25, 0.3) is 0 Å². The maximum absolute atomic E-state index is 5.92. The van der Waals surface area contributed by atoms with Crippen molar-refractivity contribution in [2.75, 3.05) is 5.32 Å². The molecule has 4 nitrogen and oxygen atoms in total. The lowest BCUT2D eigenvalue weighted by Gasteiger charge is -2.08. The van der Waals surface area contributed by atoms with E-state index in [0.717, 1.165) is 15.9 Å². The maximum atomic E-state index is 5.92. The summed E-state index contributed by atoms with van der Waals surface area (Å²) in [6.07, 6.45) is 1.73. The van der Waals surface area contributed by atoms with Gasteiger partial charge < -0.3 is 5.32 Å². The van der Waals surface area contributed by atoms with E-state index in [1.54, 1.807) is 10.9 Å². The minimum atomic E-state index is 0.655. The van der Waals surface area contributed by atoms with Crippen molar-refractivity contribution in [2.45, 2.75) is 6.54 Å². The average molecular weight is 302 g/mol. The number of rotatable bonds is 3. The molecule has 0 aliphatic carbocycles. The van der Waals surface area contributed by atoms with Crippen molar-refractivity contribution in [1.29, 1.82) is 0 Å². The van der Waals surface area contributed by atoms with Crippen LogP contribution in [-0.2, 0) is 13.6 Å². The molecule has 2 rings (SSSR count). The molecule has 84 valence electrons. The first-order valence-corrected chi connectivity index (χ1v) is 5.86. The number of aryl methyl sites for hydroxylation is 1. The summed E-state index contributed by atoms with van der Waals surface area (Å²) >= 11 is 9.37. The third-order valence-corrected chi connectivity index (χ3v) is 3.12. The molecular weight excluding hydrogens is 291 g/mol. The lowest BCUT2D eigenvalue weighted by Crippen LogP contribution is -2.05. The molecule has 0 unspecified atom stereocenters. The van der Waals surface area contributed by atoms with Gasteiger partial charge in [-0.1, -0.05) is 16.8 Å². The molecule has 0 amide bonds. The molecule has 1 aromatic heterocycles. The quantitative estimate of drug-likeness (QED) is 0.948. The van der Waals surface area contributed by atoms with E-state index in [1.807, 2.05) is 25.2 Å². The first kappa shape index (κ1) is 11.4. The highest BCUT2D eigenvalue weighted by molar-refractivity contribution is 9.10. The molecule has 0 saturated carbocycles. The summed E-state index contributed by atoms with van der Waals surface area (Å²) in [5.74, 6) is 0. The Morgan fingerprint density at radius 1 is 1.50 bits per heavy atom. The fourth-order valence-corrected chi connectivity index (χ4v) is 1.85. The Kier molecular flexibility index (Phi) is 3.46. The van der Waals surface area contributed by atoms with Gasteiger partial charge in [-0.15, -0.1) is 5.10 Å². The Labute approximate surface area is 107 Å². The van der Waals surface area contributed by atoms with Crippen LogP contribution in [-0.4, -0.2) is 15.0 Å². The van der Waals surface area contributed by atoms with Crippen molar-refractivity contribution in [2.24, 2.45) is 7.05 Å². The number of nitrogens with zero attached hydrogens (tertiary/aromatic N) is 3. The molecule has 16 heavy (non-hydrogen) atoms. The average Bonchev–Trinajstić information content (AvgIpc) is 2.66. The van der Waals surface area contributed by atoms with Crippen LogP contribution < -0.4 is 5.32 Å². The van der Waals surface area contributed by atoms with Gasteiger partial charge in [0.05, 0.1) is 24.1 Å². The van der Waals surface area contributed by atoms with E-state index in [1.165, 1.54) is 0 Å². The summed E-state index contributed by atoms with van der Waals surface area (Å²) in [4.78, 5) is 0. The van der Waals surface area contributed by atoms with Gasteiger partial charge in [-0.2, -0.15) is 0 Å². The molecule has 0 spiro atoms. The molecule has 0 saturated heterocycles. The fourth-order valence-electron chi connectivity index (χ4n) is 1.29. The number of benzene rings is 1. The molecule has 6 heteroatoms. The van der Waals surface area contributed by atoms with Gasteiger partial charge in [-0.05, 0) is 34.1 Å². The van der Waals surface area contributed by atoms with E-state index in [9.17, 15) is 0 Å². The highest BCUT2D eigenvalue weighted by Gasteiger charge is 2.03. The van der Waals surface area contributed by atoms with Gasteiger partial charge in [0.15, 0.2) is 0 Å². The predicted molar refractivity (Wildman–Crippen MR) is 67.5 cm³/mol. The Hall–Kier alpha value is -1.07. The molecular formula is C10H10BrClN4. The number of hydrogen-bond acceptors (Lipinski definition) is 3. The third-order valence-electron chi connectivity index (χ3n) is 2.20. The molecule has 1 N–H and O–H groups in total. The second kappa shape index (κ2) is 4.84. The fraction of sp³-hybridized carbons (Fsp3) is 0.200. The summed E-state index contributed by atoms with van der Waals surface area (Å²) < 4.78 is 2.71. The summed E-state index contributed by atoms with van der Waals surface area (Å²) in [5, 5.41) is 11.6. The van der Waals surface area contributed by atoms with E-state index in [-0.39, 0.29) is 0 Å². The van der Waals surface area contributed by atoms with Crippen LogP contribution >= 0.6 is 27.5 Å². The third kappa shape index (κ3) is 2.54. The largest absolute Gasteiger partial charge is 0.378 e. The van der Waals surface area contributed by atoms with Gasteiger partial charge in [0, 0.05) is 16.5 Å². The number of anilines is 1. The highest BCUT2D eigenvalue weighted by atomic mass is 79.9. The highest BCUT2D eigenvalue weighted by Crippen LogP contribution is 2.26. The van der Waals surface area contributed by atoms with Crippen molar-refractivity contribution in [1.82, 2.24) is 15.0 Å². The van der Waals surface area contributed by atoms with Crippen LogP contribution in [0.4, 0.5) is 5.69 Å². The zero-order valence-corrected chi connectivity index (χ0v) is 11.0. The van der Waals surface area contributed by atoms with Crippen molar-refractivity contribution in [3.63, 3.8) is 0 Å². The molecule has 0 fully saturated rings. The Morgan fingerprint density at radius 2 is 2.31 bits per heavy atom. The number of aromatic nitrogens is 3. The smallest absolute Gasteiger partial charge is 0.0774 e. The molecule has 2 aromatic rings. The summed E-state index contributed by atoms with van der Waals surface area (Å²) in [6.45, 7) is 0.655. The van der Waals surface area contributed by atoms with Crippen LogP contribution in [0.2, 0.25) is 5.02 Å². The van der Waals surface area contributed by atoms with Gasteiger partial charge in [-0.25, -0.2) is 0 Å². The first-order chi connectivity index (χ1) is 7.66. The topological polar surface area (TPSA) is 42.7 Å². The van der Waals surface area contributed by atoms with Crippen LogP contribution in [0, 0.1) is 0 Å². The lowest BCUT2D eigenvalue weighted by molar-refractivity contribution is 0.683. The summed E-state index contributed by atoms with van der Waals surface area (Å²) in [6, 6.07) is 5.62. The van der Waals surface area contributed by atoms with Crippen LogP contribution in [0.3, 0.4) is 0 Å². The lowest BCUT2D eigenvalue weighted by atomic mass is 10.3. The predicted octanol–water partition coefficient (Wildman–Crippen LogP) is 2.84. The minimum Gasteiger partial charge on any atom is -0.378 e. The Morgan fingerprint density at radius 3 is 3.00 bits per heavy atom. The zero-order chi connectivity index (χ0) is 11.5. The van der Waals surface area contributed by atoms with E-state index >= 15 is 0 Å². The van der Waals surface area contributed by atoms with Gasteiger partial charge in [-0.3, -0.25) is 4.68 Å². The normalized spacial score (nSPS) is 10.4. The molecule has 1 aromatic carbocycles. The van der Waals surface area contributed by atoms with E-state index < -0.39 is 0 Å². The monoisotopic (exact) mass is 300 g/mol. The van der Waals surface area contributed by atoms with Gasteiger partial charge >= 0.3 is 0 Å². The SMILES string of the molecule is Cn1nncc1CNc1cc(Cl)ccc1Br. The van der Waals surface area contributed by atoms with Crippen molar-refractivity contribution in [3.8, 4) is 0 Å². The molecule has 0 atom stereocenters. The summed E-state index contributed by atoms with van der Waals surface area (Å²) in [7, 11) is 1.86. The second-order valence-electron chi connectivity index (χ2n) is 3.33. The van der Waals surface area contributed by atoms with Crippen LogP contribution in [0.25, 0.3) is 0 Å². The second-order valence-corrected chi connectivity index (χ2v) is 4.62. The van der Waals surface area contributed by atoms with E-state index in [2.05, 4.69) is 31.6 Å². The molecule has 0 aliphatic rings. The number of nitrogens with one attached hydrogen (secondary N) is 1. The maximum Gasteiger partial charge on any atom is 0.0774 e. The first-order valence-electron chi connectivity index (χ1n) is 4.69. The standard InChI is InChI=1S/C10H10BrClN4/c1-16-8(6-14-15-16)5-13-10-4-7(12)2-3-9(10)11/h2-4,6,13H,5H2,1H3. The zero-order valence-electron chi connectivity index (χ0n) is 8.61. The molecule has 0 aliphatic heterocycles. The van der Waals surface area contributed by atoms with E-state index in [4.69, 9.17) is 11.6 Å². The van der Waals surface area contributed by atoms with Gasteiger partial charge in [0.2, 0.25) is 0 Å². The van der Waals surface area contributed by atoms with Crippen molar-refractivity contribution >= 4 is 33.2 Å². The Bertz CT molecular complexity index is 497.